The van der Waals surface area contributed by atoms with Crippen LogP contribution in [0.3, 0.4) is 0 Å². The molecule has 35 heavy (non-hydrogen) atoms. The van der Waals surface area contributed by atoms with Crippen molar-refractivity contribution in [1.82, 2.24) is 4.90 Å². The Labute approximate surface area is 214 Å². The summed E-state index contributed by atoms with van der Waals surface area (Å²) in [5, 5.41) is 1.90. The highest BCUT2D eigenvalue weighted by atomic mass is 79.9. The summed E-state index contributed by atoms with van der Waals surface area (Å²) >= 11 is 4.36. The van der Waals surface area contributed by atoms with Crippen LogP contribution in [0.25, 0.3) is 16.8 Å². The molecule has 4 nitrogen and oxygen atoms in total. The molecule has 1 aliphatic heterocycles. The normalized spacial score (nSPS) is 14.8. The van der Waals surface area contributed by atoms with Gasteiger partial charge in [-0.25, -0.2) is 4.39 Å². The zero-order valence-electron chi connectivity index (χ0n) is 18.4. The highest BCUT2D eigenvalue weighted by Crippen LogP contribution is 2.36. The Morgan fingerprint density at radius 3 is 2.54 bits per heavy atom. The largest absolute Gasteiger partial charge is 0.488 e. The highest BCUT2D eigenvalue weighted by Gasteiger charge is 2.35. The van der Waals surface area contributed by atoms with Crippen molar-refractivity contribution in [1.29, 1.82) is 0 Å². The van der Waals surface area contributed by atoms with E-state index < -0.39 is 0 Å². The number of rotatable bonds is 6. The smallest absolute Gasteiger partial charge is 0.293 e. The average molecular weight is 548 g/mol. The van der Waals surface area contributed by atoms with Crippen molar-refractivity contribution in [3.63, 3.8) is 0 Å². The average Bonchev–Trinajstić information content (AvgIpc) is 3.12. The number of ether oxygens (including phenoxy) is 1. The van der Waals surface area contributed by atoms with E-state index in [4.69, 9.17) is 4.74 Å². The molecule has 0 saturated carbocycles. The molecule has 1 saturated heterocycles. The summed E-state index contributed by atoms with van der Waals surface area (Å²) in [7, 11) is 0. The van der Waals surface area contributed by atoms with E-state index in [0.717, 1.165) is 32.6 Å². The number of thioether (sulfide) groups is 1. The molecule has 0 atom stereocenters. The molecule has 174 valence electrons. The second kappa shape index (κ2) is 10.1. The zero-order chi connectivity index (χ0) is 24.4. The van der Waals surface area contributed by atoms with Crippen LogP contribution in [0.4, 0.5) is 9.18 Å². The number of fused-ring (bicyclic) bond motifs is 1. The van der Waals surface area contributed by atoms with Gasteiger partial charge in [0.2, 0.25) is 0 Å². The topological polar surface area (TPSA) is 46.6 Å². The van der Waals surface area contributed by atoms with E-state index in [2.05, 4.69) is 34.1 Å². The van der Waals surface area contributed by atoms with Gasteiger partial charge in [0, 0.05) is 10.0 Å². The second-order valence-electron chi connectivity index (χ2n) is 8.00. The number of nitrogens with zero attached hydrogens (tertiary/aromatic N) is 1. The number of benzene rings is 4. The molecule has 0 aliphatic carbocycles. The molecule has 0 bridgehead atoms. The van der Waals surface area contributed by atoms with Crippen molar-refractivity contribution >= 4 is 55.7 Å². The van der Waals surface area contributed by atoms with Crippen molar-refractivity contribution < 1.29 is 18.7 Å². The summed E-state index contributed by atoms with van der Waals surface area (Å²) in [6.45, 7) is 0.446. The van der Waals surface area contributed by atoms with Crippen molar-refractivity contribution in [2.24, 2.45) is 0 Å². The minimum atomic E-state index is -0.385. The quantitative estimate of drug-likeness (QED) is 0.234. The molecule has 0 aromatic heterocycles. The number of carbonyl (C=O) groups is 2. The molecule has 0 unspecified atom stereocenters. The first-order valence-corrected chi connectivity index (χ1v) is 12.5. The standard InChI is InChI=1S/C28H19BrFNO3S/c29-22-10-13-25(34-17-20-6-3-5-19-4-1-2-7-24(19)20)21(14-22)15-26-27(32)31(28(33)35-26)16-18-8-11-23(30)12-9-18/h1-15H,16-17H2/b26-15-. The first-order valence-electron chi connectivity index (χ1n) is 10.9. The SMILES string of the molecule is O=C1S/C(=C\c2cc(Br)ccc2OCc2cccc3ccccc23)C(=O)N1Cc1ccc(F)cc1. The van der Waals surface area contributed by atoms with Gasteiger partial charge in [-0.15, -0.1) is 0 Å². The van der Waals surface area contributed by atoms with E-state index in [0.29, 0.717) is 28.4 Å². The maximum Gasteiger partial charge on any atom is 0.293 e. The fraction of sp³-hybridized carbons (Fsp3) is 0.0714. The lowest BCUT2D eigenvalue weighted by molar-refractivity contribution is -0.123. The van der Waals surface area contributed by atoms with Crippen LogP contribution in [-0.2, 0) is 17.9 Å². The van der Waals surface area contributed by atoms with Gasteiger partial charge in [-0.3, -0.25) is 14.5 Å². The van der Waals surface area contributed by atoms with Crippen LogP contribution in [0.15, 0.2) is 94.3 Å². The Hall–Kier alpha value is -3.42. The summed E-state index contributed by atoms with van der Waals surface area (Å²) in [6.07, 6.45) is 1.68. The van der Waals surface area contributed by atoms with Gasteiger partial charge in [-0.2, -0.15) is 0 Å². The van der Waals surface area contributed by atoms with E-state index in [1.807, 2.05) is 42.5 Å². The minimum Gasteiger partial charge on any atom is -0.488 e. The molecule has 0 spiro atoms. The van der Waals surface area contributed by atoms with Crippen LogP contribution >= 0.6 is 27.7 Å². The van der Waals surface area contributed by atoms with Crippen LogP contribution in [-0.4, -0.2) is 16.0 Å². The van der Waals surface area contributed by atoms with E-state index in [9.17, 15) is 14.0 Å². The Morgan fingerprint density at radius 2 is 1.71 bits per heavy atom. The molecule has 7 heteroatoms. The fourth-order valence-corrected chi connectivity index (χ4v) is 5.10. The van der Waals surface area contributed by atoms with Crippen molar-refractivity contribution in [3.8, 4) is 5.75 Å². The first-order chi connectivity index (χ1) is 17.0. The molecule has 1 aliphatic rings. The molecule has 4 aromatic rings. The Bertz CT molecular complexity index is 1460. The number of imide groups is 1. The maximum atomic E-state index is 13.2. The molecule has 1 heterocycles. The Morgan fingerprint density at radius 1 is 0.943 bits per heavy atom. The third-order valence-electron chi connectivity index (χ3n) is 5.65. The van der Waals surface area contributed by atoms with E-state index in [-0.39, 0.29) is 23.5 Å². The number of hydrogen-bond acceptors (Lipinski definition) is 4. The minimum absolute atomic E-state index is 0.0885. The Balaban J connectivity index is 1.38. The van der Waals surface area contributed by atoms with Crippen LogP contribution in [0.5, 0.6) is 5.75 Å². The predicted octanol–water partition coefficient (Wildman–Crippen LogP) is 7.56. The maximum absolute atomic E-state index is 13.2. The molecule has 5 rings (SSSR count). The lowest BCUT2D eigenvalue weighted by Gasteiger charge is -2.13. The second-order valence-corrected chi connectivity index (χ2v) is 9.91. The molecule has 4 aromatic carbocycles. The van der Waals surface area contributed by atoms with Crippen molar-refractivity contribution in [2.45, 2.75) is 13.2 Å². The molecule has 0 radical (unpaired) electrons. The van der Waals surface area contributed by atoms with Gasteiger partial charge in [0.05, 0.1) is 11.4 Å². The zero-order valence-corrected chi connectivity index (χ0v) is 20.8. The van der Waals surface area contributed by atoms with Crippen molar-refractivity contribution in [3.05, 3.63) is 117 Å². The summed E-state index contributed by atoms with van der Waals surface area (Å²) in [4.78, 5) is 27.0. The summed E-state index contributed by atoms with van der Waals surface area (Å²) < 4.78 is 20.2. The summed E-state index contributed by atoms with van der Waals surface area (Å²) in [5.41, 5.74) is 2.42. The molecule has 2 amide bonds. The van der Waals surface area contributed by atoms with Gasteiger partial charge < -0.3 is 4.74 Å². The third-order valence-corrected chi connectivity index (χ3v) is 7.05. The summed E-state index contributed by atoms with van der Waals surface area (Å²) in [5.74, 6) is -0.149. The Kier molecular flexibility index (Phi) is 6.70. The van der Waals surface area contributed by atoms with Gasteiger partial charge in [0.15, 0.2) is 0 Å². The predicted molar refractivity (Wildman–Crippen MR) is 140 cm³/mol. The van der Waals surface area contributed by atoms with Crippen LogP contribution in [0.2, 0.25) is 0 Å². The molecular formula is C28H19BrFNO3S. The fourth-order valence-electron chi connectivity index (χ4n) is 3.89. The lowest BCUT2D eigenvalue weighted by Crippen LogP contribution is -2.27. The highest BCUT2D eigenvalue weighted by molar-refractivity contribution is 9.10. The van der Waals surface area contributed by atoms with Gasteiger partial charge in [-0.1, -0.05) is 70.5 Å². The van der Waals surface area contributed by atoms with Crippen LogP contribution in [0, 0.1) is 5.82 Å². The first kappa shape index (κ1) is 23.3. The molecule has 0 N–H and O–H groups in total. The molecule has 1 fully saturated rings. The van der Waals surface area contributed by atoms with E-state index >= 15 is 0 Å². The molecular weight excluding hydrogens is 529 g/mol. The lowest BCUT2D eigenvalue weighted by atomic mass is 10.1. The van der Waals surface area contributed by atoms with E-state index in [1.54, 1.807) is 18.2 Å². The van der Waals surface area contributed by atoms with Gasteiger partial charge in [0.1, 0.15) is 18.2 Å². The van der Waals surface area contributed by atoms with Crippen LogP contribution < -0.4 is 4.74 Å². The van der Waals surface area contributed by atoms with E-state index in [1.165, 1.54) is 17.0 Å². The number of carbonyl (C=O) groups excluding carboxylic acids is 2. The number of hydrogen-bond donors (Lipinski definition) is 0. The van der Waals surface area contributed by atoms with Gasteiger partial charge in [-0.05, 0) is 70.1 Å². The van der Waals surface area contributed by atoms with Gasteiger partial charge in [0.25, 0.3) is 11.1 Å². The van der Waals surface area contributed by atoms with Crippen LogP contribution in [0.1, 0.15) is 16.7 Å². The van der Waals surface area contributed by atoms with Crippen molar-refractivity contribution in [2.75, 3.05) is 0 Å². The van der Waals surface area contributed by atoms with Gasteiger partial charge >= 0.3 is 0 Å². The number of amides is 2. The monoisotopic (exact) mass is 547 g/mol. The third kappa shape index (κ3) is 5.16. The number of halogens is 2. The summed E-state index contributed by atoms with van der Waals surface area (Å²) in [6, 6.07) is 25.5.